The van der Waals surface area contributed by atoms with E-state index in [-0.39, 0.29) is 5.41 Å². The lowest BCUT2D eigenvalue weighted by Crippen LogP contribution is -2.10. The van der Waals surface area contributed by atoms with E-state index in [9.17, 15) is 0 Å². The quantitative estimate of drug-likeness (QED) is 0.723. The molecule has 0 aliphatic heterocycles. The summed E-state index contributed by atoms with van der Waals surface area (Å²) in [4.78, 5) is 4.42. The summed E-state index contributed by atoms with van der Waals surface area (Å²) in [5.74, 6) is 1.88. The van der Waals surface area contributed by atoms with Gasteiger partial charge >= 0.3 is 0 Å². The number of benzene rings is 1. The molecule has 0 fully saturated rings. The summed E-state index contributed by atoms with van der Waals surface area (Å²) in [6.07, 6.45) is 0. The van der Waals surface area contributed by atoms with Crippen LogP contribution in [0.3, 0.4) is 0 Å². The minimum Gasteiger partial charge on any atom is -0.439 e. The number of aryl methyl sites for hydroxylation is 1. The largest absolute Gasteiger partial charge is 0.439 e. The van der Waals surface area contributed by atoms with E-state index in [1.807, 2.05) is 31.2 Å². The lowest BCUT2D eigenvalue weighted by molar-refractivity contribution is 0.458. The van der Waals surface area contributed by atoms with Crippen molar-refractivity contribution >= 4 is 11.6 Å². The Kier molecular flexibility index (Phi) is 4.34. The third-order valence-corrected chi connectivity index (χ3v) is 3.52. The van der Waals surface area contributed by atoms with Crippen LogP contribution in [-0.4, -0.2) is 4.98 Å². The molecule has 1 aromatic heterocycles. The second kappa shape index (κ2) is 5.84. The molecule has 0 amide bonds. The SMILES string of the molecule is Cc1nc(Oc2cccc(C(C)(C)C)c2)ccc1CCl. The number of alkyl halides is 1. The molecule has 1 aromatic carbocycles. The third-order valence-electron chi connectivity index (χ3n) is 3.24. The van der Waals surface area contributed by atoms with Gasteiger partial charge in [0, 0.05) is 17.6 Å². The zero-order chi connectivity index (χ0) is 14.8. The Hall–Kier alpha value is -1.54. The van der Waals surface area contributed by atoms with Crippen molar-refractivity contribution in [2.24, 2.45) is 0 Å². The Morgan fingerprint density at radius 2 is 1.90 bits per heavy atom. The van der Waals surface area contributed by atoms with E-state index in [1.54, 1.807) is 0 Å². The van der Waals surface area contributed by atoms with Crippen LogP contribution in [0.4, 0.5) is 0 Å². The maximum Gasteiger partial charge on any atom is 0.219 e. The standard InChI is InChI=1S/C17H20ClNO/c1-12-13(11-18)8-9-16(19-12)20-15-7-5-6-14(10-15)17(2,3)4/h5-10H,11H2,1-4H3. The number of rotatable bonds is 3. The van der Waals surface area contributed by atoms with Crippen LogP contribution in [0.25, 0.3) is 0 Å². The van der Waals surface area contributed by atoms with Crippen molar-refractivity contribution in [1.82, 2.24) is 4.98 Å². The van der Waals surface area contributed by atoms with Gasteiger partial charge in [0.15, 0.2) is 0 Å². The van der Waals surface area contributed by atoms with Gasteiger partial charge in [0.25, 0.3) is 0 Å². The predicted octanol–water partition coefficient (Wildman–Crippen LogP) is 5.22. The first kappa shape index (κ1) is 14.9. The van der Waals surface area contributed by atoms with Gasteiger partial charge in [-0.3, -0.25) is 0 Å². The maximum atomic E-state index is 5.84. The minimum atomic E-state index is 0.102. The highest BCUT2D eigenvalue weighted by Gasteiger charge is 2.14. The molecule has 1 heterocycles. The van der Waals surface area contributed by atoms with E-state index < -0.39 is 0 Å². The summed E-state index contributed by atoms with van der Waals surface area (Å²) >= 11 is 5.83. The zero-order valence-corrected chi connectivity index (χ0v) is 13.2. The van der Waals surface area contributed by atoms with Crippen molar-refractivity contribution in [1.29, 1.82) is 0 Å². The van der Waals surface area contributed by atoms with Crippen molar-refractivity contribution in [3.8, 4) is 11.6 Å². The molecule has 106 valence electrons. The van der Waals surface area contributed by atoms with Gasteiger partial charge in [0.2, 0.25) is 5.88 Å². The van der Waals surface area contributed by atoms with Gasteiger partial charge in [-0.25, -0.2) is 4.98 Å². The molecule has 0 unspecified atom stereocenters. The molecule has 2 nitrogen and oxygen atoms in total. The van der Waals surface area contributed by atoms with Crippen molar-refractivity contribution < 1.29 is 4.74 Å². The van der Waals surface area contributed by atoms with Gasteiger partial charge < -0.3 is 4.74 Å². The lowest BCUT2D eigenvalue weighted by atomic mass is 9.87. The monoisotopic (exact) mass is 289 g/mol. The number of halogens is 1. The van der Waals surface area contributed by atoms with E-state index in [2.05, 4.69) is 37.9 Å². The van der Waals surface area contributed by atoms with Crippen LogP contribution in [0, 0.1) is 6.92 Å². The molecular formula is C17H20ClNO. The van der Waals surface area contributed by atoms with Crippen LogP contribution in [0.1, 0.15) is 37.6 Å². The van der Waals surface area contributed by atoms with E-state index in [0.29, 0.717) is 11.8 Å². The second-order valence-corrected chi connectivity index (χ2v) is 6.17. The van der Waals surface area contributed by atoms with Crippen molar-refractivity contribution in [3.05, 3.63) is 53.2 Å². The summed E-state index contributed by atoms with van der Waals surface area (Å²) in [7, 11) is 0. The topological polar surface area (TPSA) is 22.1 Å². The Bertz CT molecular complexity index is 602. The fourth-order valence-electron chi connectivity index (χ4n) is 1.91. The van der Waals surface area contributed by atoms with Gasteiger partial charge in [-0.15, -0.1) is 11.6 Å². The van der Waals surface area contributed by atoms with Gasteiger partial charge in [-0.2, -0.15) is 0 Å². The van der Waals surface area contributed by atoms with Crippen molar-refractivity contribution in [2.45, 2.75) is 39.0 Å². The first-order valence-corrected chi connectivity index (χ1v) is 7.24. The van der Waals surface area contributed by atoms with Gasteiger partial charge in [0.05, 0.1) is 0 Å². The van der Waals surface area contributed by atoms with Crippen LogP contribution in [0.2, 0.25) is 0 Å². The number of ether oxygens (including phenoxy) is 1. The Balaban J connectivity index is 2.24. The molecule has 0 atom stereocenters. The number of nitrogens with zero attached hydrogens (tertiary/aromatic N) is 1. The van der Waals surface area contributed by atoms with E-state index in [4.69, 9.17) is 16.3 Å². The van der Waals surface area contributed by atoms with Crippen molar-refractivity contribution in [2.75, 3.05) is 0 Å². The fourth-order valence-corrected chi connectivity index (χ4v) is 2.19. The average Bonchev–Trinajstić information content (AvgIpc) is 2.38. The highest BCUT2D eigenvalue weighted by atomic mass is 35.5. The summed E-state index contributed by atoms with van der Waals surface area (Å²) in [5.41, 5.74) is 3.28. The minimum absolute atomic E-state index is 0.102. The Morgan fingerprint density at radius 1 is 1.15 bits per heavy atom. The molecule has 0 saturated heterocycles. The Labute approximate surface area is 125 Å². The van der Waals surface area contributed by atoms with Crippen LogP contribution in [-0.2, 0) is 11.3 Å². The lowest BCUT2D eigenvalue weighted by Gasteiger charge is -2.19. The van der Waals surface area contributed by atoms with E-state index >= 15 is 0 Å². The zero-order valence-electron chi connectivity index (χ0n) is 12.4. The summed E-state index contributed by atoms with van der Waals surface area (Å²) in [6, 6.07) is 11.9. The summed E-state index contributed by atoms with van der Waals surface area (Å²) in [5, 5.41) is 0. The maximum absolute atomic E-state index is 5.84. The van der Waals surface area contributed by atoms with Crippen LogP contribution in [0.5, 0.6) is 11.6 Å². The summed E-state index contributed by atoms with van der Waals surface area (Å²) in [6.45, 7) is 8.49. The molecule has 0 saturated carbocycles. The Morgan fingerprint density at radius 3 is 2.50 bits per heavy atom. The van der Waals surface area contributed by atoms with Crippen LogP contribution < -0.4 is 4.74 Å². The first-order valence-electron chi connectivity index (χ1n) is 6.71. The number of hydrogen-bond acceptors (Lipinski definition) is 2. The molecule has 0 aliphatic carbocycles. The first-order chi connectivity index (χ1) is 9.40. The highest BCUT2D eigenvalue weighted by molar-refractivity contribution is 6.17. The normalized spacial score (nSPS) is 11.4. The van der Waals surface area contributed by atoms with Gasteiger partial charge in [-0.1, -0.05) is 39.0 Å². The van der Waals surface area contributed by atoms with Gasteiger partial charge in [0.1, 0.15) is 5.75 Å². The highest BCUT2D eigenvalue weighted by Crippen LogP contribution is 2.28. The van der Waals surface area contributed by atoms with Crippen molar-refractivity contribution in [3.63, 3.8) is 0 Å². The molecule has 0 bridgehead atoms. The predicted molar refractivity (Wildman–Crippen MR) is 83.7 cm³/mol. The average molecular weight is 290 g/mol. The molecule has 3 heteroatoms. The second-order valence-electron chi connectivity index (χ2n) is 5.91. The molecule has 0 spiro atoms. The molecule has 2 rings (SSSR count). The summed E-state index contributed by atoms with van der Waals surface area (Å²) < 4.78 is 5.84. The van der Waals surface area contributed by atoms with E-state index in [1.165, 1.54) is 5.56 Å². The molecular weight excluding hydrogens is 270 g/mol. The molecule has 20 heavy (non-hydrogen) atoms. The fraction of sp³-hybridized carbons (Fsp3) is 0.353. The number of pyridine rings is 1. The van der Waals surface area contributed by atoms with Gasteiger partial charge in [-0.05, 0) is 35.6 Å². The molecule has 0 N–H and O–H groups in total. The third kappa shape index (κ3) is 3.51. The van der Waals surface area contributed by atoms with Crippen LogP contribution in [0.15, 0.2) is 36.4 Å². The molecule has 2 aromatic rings. The number of hydrogen-bond donors (Lipinski definition) is 0. The number of aromatic nitrogens is 1. The molecule has 0 radical (unpaired) electrons. The smallest absolute Gasteiger partial charge is 0.219 e. The molecule has 0 aliphatic rings. The van der Waals surface area contributed by atoms with E-state index in [0.717, 1.165) is 17.0 Å². The van der Waals surface area contributed by atoms with Crippen LogP contribution >= 0.6 is 11.6 Å².